The first-order valence-corrected chi connectivity index (χ1v) is 6.77. The summed E-state index contributed by atoms with van der Waals surface area (Å²) in [5.74, 6) is 0.129. The van der Waals surface area contributed by atoms with Crippen LogP contribution < -0.4 is 5.43 Å². The lowest BCUT2D eigenvalue weighted by molar-refractivity contribution is 0.628. The number of aromatic nitrogens is 6. The Balaban J connectivity index is 1.68. The minimum absolute atomic E-state index is 0.147. The van der Waals surface area contributed by atoms with Crippen molar-refractivity contribution in [1.29, 1.82) is 0 Å². The van der Waals surface area contributed by atoms with E-state index in [9.17, 15) is 4.39 Å². The lowest BCUT2D eigenvalue weighted by Crippen LogP contribution is -2.10. The summed E-state index contributed by atoms with van der Waals surface area (Å²) in [5.41, 5.74) is 5.09. The van der Waals surface area contributed by atoms with Gasteiger partial charge >= 0.3 is 0 Å². The van der Waals surface area contributed by atoms with E-state index in [0.717, 1.165) is 17.0 Å². The maximum atomic E-state index is 12.8. The molecule has 0 aliphatic carbocycles. The molecule has 2 heterocycles. The monoisotopic (exact) mass is 312 g/mol. The molecule has 0 radical (unpaired) electrons. The number of rotatable bonds is 4. The molecule has 1 N–H and O–H groups in total. The van der Waals surface area contributed by atoms with Crippen molar-refractivity contribution in [2.24, 2.45) is 5.10 Å². The molecule has 1 aromatic carbocycles. The van der Waals surface area contributed by atoms with Crippen molar-refractivity contribution in [1.82, 2.24) is 30.2 Å². The first kappa shape index (κ1) is 14.7. The van der Waals surface area contributed by atoms with Gasteiger partial charge in [0, 0.05) is 5.69 Å². The Morgan fingerprint density at radius 1 is 1.09 bits per heavy atom. The third kappa shape index (κ3) is 3.51. The first-order valence-electron chi connectivity index (χ1n) is 6.77. The molecule has 0 amide bonds. The molecular weight excluding hydrogens is 299 g/mol. The number of benzene rings is 1. The summed E-state index contributed by atoms with van der Waals surface area (Å²) in [5, 5.41) is 23.9. The molecule has 2 aromatic heterocycles. The Bertz CT molecular complexity index is 823. The van der Waals surface area contributed by atoms with Gasteiger partial charge < -0.3 is 0 Å². The Hall–Kier alpha value is -3.23. The van der Waals surface area contributed by atoms with E-state index in [4.69, 9.17) is 0 Å². The molecule has 0 spiro atoms. The fraction of sp³-hybridized carbons (Fsp3) is 0.143. The zero-order valence-corrected chi connectivity index (χ0v) is 12.5. The SMILES string of the molecule is Cc1cc(C)n(-c2nnc(N/N=C/c3ccc(F)cc3)nn2)n1. The van der Waals surface area contributed by atoms with Gasteiger partial charge in [-0.25, -0.2) is 14.5 Å². The van der Waals surface area contributed by atoms with Gasteiger partial charge in [0.05, 0.1) is 11.9 Å². The van der Waals surface area contributed by atoms with E-state index in [-0.39, 0.29) is 17.7 Å². The third-order valence-corrected chi connectivity index (χ3v) is 2.92. The number of hydrazone groups is 1. The summed E-state index contributed by atoms with van der Waals surface area (Å²) in [6, 6.07) is 7.81. The molecule has 9 heteroatoms. The lowest BCUT2D eigenvalue weighted by Gasteiger charge is -2.01. The molecule has 0 aliphatic rings. The van der Waals surface area contributed by atoms with Gasteiger partial charge in [0.15, 0.2) is 0 Å². The normalized spacial score (nSPS) is 11.1. The highest BCUT2D eigenvalue weighted by molar-refractivity contribution is 5.79. The van der Waals surface area contributed by atoms with E-state index >= 15 is 0 Å². The molecule has 0 fully saturated rings. The fourth-order valence-corrected chi connectivity index (χ4v) is 1.90. The smallest absolute Gasteiger partial charge is 0.243 e. The molecule has 116 valence electrons. The quantitative estimate of drug-likeness (QED) is 0.581. The summed E-state index contributed by atoms with van der Waals surface area (Å²) in [6.07, 6.45) is 1.51. The van der Waals surface area contributed by atoms with Crippen LogP contribution in [0, 0.1) is 19.7 Å². The number of nitrogens with zero attached hydrogens (tertiary/aromatic N) is 7. The third-order valence-electron chi connectivity index (χ3n) is 2.92. The van der Waals surface area contributed by atoms with Crippen LogP contribution in [0.15, 0.2) is 35.4 Å². The number of aryl methyl sites for hydroxylation is 2. The van der Waals surface area contributed by atoms with E-state index < -0.39 is 0 Å². The molecule has 0 atom stereocenters. The van der Waals surface area contributed by atoms with Crippen molar-refractivity contribution in [2.75, 3.05) is 5.43 Å². The fourth-order valence-electron chi connectivity index (χ4n) is 1.90. The molecule has 0 unspecified atom stereocenters. The minimum atomic E-state index is -0.299. The van der Waals surface area contributed by atoms with Gasteiger partial charge in [-0.15, -0.1) is 20.4 Å². The molecule has 0 bridgehead atoms. The summed E-state index contributed by atoms with van der Waals surface area (Å²) in [6.45, 7) is 3.77. The summed E-state index contributed by atoms with van der Waals surface area (Å²) in [4.78, 5) is 0. The molecule has 0 aliphatic heterocycles. The summed E-state index contributed by atoms with van der Waals surface area (Å²) < 4.78 is 14.3. The molecule has 0 saturated carbocycles. The Kier molecular flexibility index (Phi) is 4.00. The molecule has 3 aromatic rings. The zero-order chi connectivity index (χ0) is 16.2. The number of hydrogen-bond donors (Lipinski definition) is 1. The Morgan fingerprint density at radius 2 is 1.78 bits per heavy atom. The van der Waals surface area contributed by atoms with Crippen molar-refractivity contribution in [3.63, 3.8) is 0 Å². The van der Waals surface area contributed by atoms with Crippen LogP contribution in [0.1, 0.15) is 17.0 Å². The highest BCUT2D eigenvalue weighted by Gasteiger charge is 2.07. The number of anilines is 1. The highest BCUT2D eigenvalue weighted by atomic mass is 19.1. The van der Waals surface area contributed by atoms with Crippen LogP contribution in [-0.4, -0.2) is 36.4 Å². The van der Waals surface area contributed by atoms with Gasteiger partial charge in [0.1, 0.15) is 5.82 Å². The van der Waals surface area contributed by atoms with Gasteiger partial charge in [-0.2, -0.15) is 10.2 Å². The van der Waals surface area contributed by atoms with Gasteiger partial charge in [-0.3, -0.25) is 0 Å². The molecule has 0 saturated heterocycles. The molecule has 8 nitrogen and oxygen atoms in total. The first-order chi connectivity index (χ1) is 11.1. The van der Waals surface area contributed by atoms with Gasteiger partial charge in [0.2, 0.25) is 0 Å². The van der Waals surface area contributed by atoms with E-state index in [1.54, 1.807) is 16.8 Å². The maximum Gasteiger partial charge on any atom is 0.289 e. The topological polar surface area (TPSA) is 93.8 Å². The predicted molar refractivity (Wildman–Crippen MR) is 81.8 cm³/mol. The summed E-state index contributed by atoms with van der Waals surface area (Å²) in [7, 11) is 0. The van der Waals surface area contributed by atoms with Gasteiger partial charge in [-0.05, 0) is 37.6 Å². The Morgan fingerprint density at radius 3 is 2.39 bits per heavy atom. The van der Waals surface area contributed by atoms with Crippen molar-refractivity contribution in [3.8, 4) is 5.95 Å². The largest absolute Gasteiger partial charge is 0.289 e. The van der Waals surface area contributed by atoms with Crippen LogP contribution in [0.25, 0.3) is 5.95 Å². The van der Waals surface area contributed by atoms with Crippen molar-refractivity contribution >= 4 is 12.2 Å². The number of nitrogens with one attached hydrogen (secondary N) is 1. The predicted octanol–water partition coefficient (Wildman–Crippen LogP) is 1.65. The Labute approximate surface area is 131 Å². The lowest BCUT2D eigenvalue weighted by atomic mass is 10.2. The standard InChI is InChI=1S/C14H13FN8/c1-9-7-10(2)23(22-9)14-20-18-13(19-21-14)17-16-8-11-3-5-12(15)6-4-11/h3-8H,1-2H3,(H,17,18,19)/b16-8+. The van der Waals surface area contributed by atoms with Crippen LogP contribution in [0.2, 0.25) is 0 Å². The second-order valence-electron chi connectivity index (χ2n) is 4.78. The van der Waals surface area contributed by atoms with Crippen LogP contribution in [0.5, 0.6) is 0 Å². The highest BCUT2D eigenvalue weighted by Crippen LogP contribution is 2.06. The second kappa shape index (κ2) is 6.26. The van der Waals surface area contributed by atoms with Crippen molar-refractivity contribution in [2.45, 2.75) is 13.8 Å². The molecular formula is C14H13FN8. The summed E-state index contributed by atoms with van der Waals surface area (Å²) >= 11 is 0. The molecule has 23 heavy (non-hydrogen) atoms. The average Bonchev–Trinajstić information content (AvgIpc) is 2.89. The van der Waals surface area contributed by atoms with E-state index in [1.165, 1.54) is 18.3 Å². The van der Waals surface area contributed by atoms with E-state index in [1.807, 2.05) is 19.9 Å². The number of hydrogen-bond acceptors (Lipinski definition) is 7. The van der Waals surface area contributed by atoms with Crippen molar-refractivity contribution in [3.05, 3.63) is 53.1 Å². The van der Waals surface area contributed by atoms with Crippen molar-refractivity contribution < 1.29 is 4.39 Å². The van der Waals surface area contributed by atoms with Crippen LogP contribution in [0.4, 0.5) is 10.3 Å². The van der Waals surface area contributed by atoms with E-state index in [2.05, 4.69) is 36.0 Å². The van der Waals surface area contributed by atoms with Crippen LogP contribution >= 0.6 is 0 Å². The maximum absolute atomic E-state index is 12.8. The molecule has 3 rings (SSSR count). The van der Waals surface area contributed by atoms with Crippen LogP contribution in [-0.2, 0) is 0 Å². The van der Waals surface area contributed by atoms with Gasteiger partial charge in [-0.1, -0.05) is 12.1 Å². The van der Waals surface area contributed by atoms with Gasteiger partial charge in [0.25, 0.3) is 11.9 Å². The number of halogens is 1. The zero-order valence-electron chi connectivity index (χ0n) is 12.5. The minimum Gasteiger partial charge on any atom is -0.243 e. The average molecular weight is 312 g/mol. The van der Waals surface area contributed by atoms with E-state index in [0.29, 0.717) is 0 Å². The second-order valence-corrected chi connectivity index (χ2v) is 4.78. The van der Waals surface area contributed by atoms with Crippen LogP contribution in [0.3, 0.4) is 0 Å².